The zero-order valence-corrected chi connectivity index (χ0v) is 15.8. The summed E-state index contributed by atoms with van der Waals surface area (Å²) < 4.78 is 0. The molecule has 2 aromatic carbocycles. The van der Waals surface area contributed by atoms with Crippen molar-refractivity contribution in [3.8, 4) is 5.75 Å². The number of carbonyl (C=O) groups is 2. The van der Waals surface area contributed by atoms with Crippen LogP contribution in [0.2, 0.25) is 10.0 Å². The van der Waals surface area contributed by atoms with Gasteiger partial charge in [-0.15, -0.1) is 0 Å². The van der Waals surface area contributed by atoms with E-state index in [1.165, 1.54) is 24.4 Å². The van der Waals surface area contributed by atoms with Crippen LogP contribution >= 0.6 is 23.2 Å². The highest BCUT2D eigenvalue weighted by molar-refractivity contribution is 6.36. The van der Waals surface area contributed by atoms with Crippen LogP contribution in [0.1, 0.15) is 12.0 Å². The van der Waals surface area contributed by atoms with Gasteiger partial charge in [0, 0.05) is 5.02 Å². The minimum atomic E-state index is -0.877. The quantitative estimate of drug-likeness (QED) is 0.440. The molecule has 144 valence electrons. The number of carbonyl (C=O) groups excluding carboxylic acids is 2. The topological polar surface area (TPSA) is 115 Å². The molecule has 0 aromatic heterocycles. The van der Waals surface area contributed by atoms with E-state index < -0.39 is 17.9 Å². The number of hydrogen-bond donors (Lipinski definition) is 4. The average molecular weight is 420 g/mol. The number of nitrogens with zero attached hydrogens (tertiary/aromatic N) is 2. The fourth-order valence-corrected chi connectivity index (χ4v) is 2.79. The second-order valence-corrected chi connectivity index (χ2v) is 6.66. The number of benzene rings is 2. The van der Waals surface area contributed by atoms with Crippen LogP contribution in [0.4, 0.5) is 5.69 Å². The average Bonchev–Trinajstić information content (AvgIpc) is 2.98. The van der Waals surface area contributed by atoms with Crippen LogP contribution in [0.15, 0.2) is 52.6 Å². The summed E-state index contributed by atoms with van der Waals surface area (Å²) in [6.45, 7) is 0. The van der Waals surface area contributed by atoms with Gasteiger partial charge < -0.3 is 10.4 Å². The zero-order chi connectivity index (χ0) is 20.1. The largest absolute Gasteiger partial charge is 0.508 e. The molecule has 10 heteroatoms. The van der Waals surface area contributed by atoms with Crippen LogP contribution in [0.25, 0.3) is 0 Å². The van der Waals surface area contributed by atoms with Gasteiger partial charge in [0.05, 0.1) is 23.3 Å². The Morgan fingerprint density at radius 3 is 2.71 bits per heavy atom. The third-order valence-corrected chi connectivity index (χ3v) is 4.24. The Morgan fingerprint density at radius 2 is 2.00 bits per heavy atom. The number of phenols is 1. The third-order valence-electron chi connectivity index (χ3n) is 3.69. The molecule has 0 saturated carbocycles. The SMILES string of the molecule is O=C(C[C@@H]1N=C(N/N=C\c2ccc(O)cc2)NC1=O)Nc1ccc(Cl)cc1Cl. The Morgan fingerprint density at radius 1 is 1.25 bits per heavy atom. The smallest absolute Gasteiger partial charge is 0.252 e. The van der Waals surface area contributed by atoms with Crippen molar-refractivity contribution in [1.82, 2.24) is 10.7 Å². The number of hydrazone groups is 1. The molecule has 1 aliphatic heterocycles. The highest BCUT2D eigenvalue weighted by Gasteiger charge is 2.28. The van der Waals surface area contributed by atoms with Crippen molar-refractivity contribution in [3.05, 3.63) is 58.1 Å². The summed E-state index contributed by atoms with van der Waals surface area (Å²) in [6, 6.07) is 10.2. The van der Waals surface area contributed by atoms with Crippen LogP contribution in [0.5, 0.6) is 5.75 Å². The molecular weight excluding hydrogens is 405 g/mol. The summed E-state index contributed by atoms with van der Waals surface area (Å²) in [7, 11) is 0. The Balaban J connectivity index is 1.55. The van der Waals surface area contributed by atoms with Crippen LogP contribution in [0.3, 0.4) is 0 Å². The van der Waals surface area contributed by atoms with Crippen LogP contribution in [-0.4, -0.2) is 35.1 Å². The lowest BCUT2D eigenvalue weighted by atomic mass is 10.2. The molecule has 3 rings (SSSR count). The minimum absolute atomic E-state index is 0.141. The molecule has 0 saturated heterocycles. The maximum absolute atomic E-state index is 12.2. The molecule has 0 aliphatic carbocycles. The number of hydrogen-bond acceptors (Lipinski definition) is 6. The van der Waals surface area contributed by atoms with E-state index in [9.17, 15) is 14.7 Å². The van der Waals surface area contributed by atoms with Gasteiger partial charge in [-0.25, -0.2) is 10.4 Å². The Labute approximate surface area is 170 Å². The van der Waals surface area contributed by atoms with E-state index in [1.807, 2.05) is 0 Å². The molecule has 2 aromatic rings. The van der Waals surface area contributed by atoms with Crippen molar-refractivity contribution in [2.75, 3.05) is 5.32 Å². The number of nitrogens with one attached hydrogen (secondary N) is 3. The van der Waals surface area contributed by atoms with Gasteiger partial charge in [-0.05, 0) is 48.0 Å². The van der Waals surface area contributed by atoms with Gasteiger partial charge in [0.15, 0.2) is 0 Å². The van der Waals surface area contributed by atoms with Crippen molar-refractivity contribution in [3.63, 3.8) is 0 Å². The summed E-state index contributed by atoms with van der Waals surface area (Å²) in [6.07, 6.45) is 1.34. The van der Waals surface area contributed by atoms with Crippen molar-refractivity contribution >= 4 is 52.9 Å². The predicted octanol–water partition coefficient (Wildman–Crippen LogP) is 2.51. The summed E-state index contributed by atoms with van der Waals surface area (Å²) in [5.74, 6) is -0.539. The predicted molar refractivity (Wildman–Crippen MR) is 108 cm³/mol. The number of aromatic hydroxyl groups is 1. The fourth-order valence-electron chi connectivity index (χ4n) is 2.34. The molecule has 28 heavy (non-hydrogen) atoms. The molecule has 8 nitrogen and oxygen atoms in total. The van der Waals surface area contributed by atoms with E-state index in [2.05, 4.69) is 26.2 Å². The van der Waals surface area contributed by atoms with Gasteiger partial charge in [-0.3, -0.25) is 14.9 Å². The number of guanidine groups is 1. The lowest BCUT2D eigenvalue weighted by Gasteiger charge is -2.08. The first-order chi connectivity index (χ1) is 13.4. The summed E-state index contributed by atoms with van der Waals surface area (Å²) in [5.41, 5.74) is 3.74. The maximum Gasteiger partial charge on any atom is 0.252 e. The van der Waals surface area contributed by atoms with E-state index in [0.29, 0.717) is 15.7 Å². The number of phenolic OH excluding ortho intramolecular Hbond substituents is 1. The molecule has 0 fully saturated rings. The molecular formula is C18H15Cl2N5O3. The zero-order valence-electron chi connectivity index (χ0n) is 14.3. The highest BCUT2D eigenvalue weighted by Crippen LogP contribution is 2.25. The summed E-state index contributed by atoms with van der Waals surface area (Å²) in [4.78, 5) is 28.3. The van der Waals surface area contributed by atoms with Gasteiger partial charge >= 0.3 is 0 Å². The fraction of sp³-hybridized carbons (Fsp3) is 0.111. The Hall–Kier alpha value is -3.10. The normalized spacial score (nSPS) is 16.0. The lowest BCUT2D eigenvalue weighted by Crippen LogP contribution is -2.35. The first-order valence-corrected chi connectivity index (χ1v) is 8.88. The van der Waals surface area contributed by atoms with Gasteiger partial charge in [0.2, 0.25) is 11.9 Å². The molecule has 1 heterocycles. The van der Waals surface area contributed by atoms with E-state index in [1.54, 1.807) is 24.3 Å². The molecule has 0 radical (unpaired) electrons. The second kappa shape index (κ2) is 8.73. The van der Waals surface area contributed by atoms with Crippen molar-refractivity contribution in [1.29, 1.82) is 0 Å². The van der Waals surface area contributed by atoms with Crippen LogP contribution in [-0.2, 0) is 9.59 Å². The monoisotopic (exact) mass is 419 g/mol. The number of rotatable bonds is 5. The first kappa shape index (κ1) is 19.7. The van der Waals surface area contributed by atoms with E-state index in [0.717, 1.165) is 5.56 Å². The summed E-state index contributed by atoms with van der Waals surface area (Å²) >= 11 is 11.8. The molecule has 4 N–H and O–H groups in total. The standard InChI is InChI=1S/C18H15Cl2N5O3/c19-11-3-6-14(13(20)7-11)22-16(27)8-15-17(28)24-18(23-15)25-21-9-10-1-4-12(26)5-2-10/h1-7,9,15,26H,8H2,(H,22,27)(H2,23,24,25,28)/b21-9-/t15-/m0/s1. The molecule has 0 bridgehead atoms. The van der Waals surface area contributed by atoms with Gasteiger partial charge in [-0.2, -0.15) is 5.10 Å². The molecule has 1 aliphatic rings. The van der Waals surface area contributed by atoms with Crippen molar-refractivity contribution in [2.24, 2.45) is 10.1 Å². The Kier molecular flexibility index (Phi) is 6.13. The molecule has 0 spiro atoms. The first-order valence-electron chi connectivity index (χ1n) is 8.12. The minimum Gasteiger partial charge on any atom is -0.508 e. The van der Waals surface area contributed by atoms with Gasteiger partial charge in [0.1, 0.15) is 11.8 Å². The highest BCUT2D eigenvalue weighted by atomic mass is 35.5. The Bertz CT molecular complexity index is 960. The van der Waals surface area contributed by atoms with E-state index in [4.69, 9.17) is 23.2 Å². The van der Waals surface area contributed by atoms with Crippen molar-refractivity contribution < 1.29 is 14.7 Å². The second-order valence-electron chi connectivity index (χ2n) is 5.82. The molecule has 2 amide bonds. The summed E-state index contributed by atoms with van der Waals surface area (Å²) in [5, 5.41) is 19.1. The third kappa shape index (κ3) is 5.21. The molecule has 1 atom stereocenters. The lowest BCUT2D eigenvalue weighted by molar-refractivity contribution is -0.123. The van der Waals surface area contributed by atoms with Crippen LogP contribution in [0, 0.1) is 0 Å². The van der Waals surface area contributed by atoms with E-state index >= 15 is 0 Å². The molecule has 0 unspecified atom stereocenters. The number of amides is 2. The number of aliphatic imine (C=N–C) groups is 1. The van der Waals surface area contributed by atoms with E-state index in [-0.39, 0.29) is 18.1 Å². The van der Waals surface area contributed by atoms with Crippen LogP contribution < -0.4 is 16.1 Å². The van der Waals surface area contributed by atoms with Crippen molar-refractivity contribution in [2.45, 2.75) is 12.5 Å². The van der Waals surface area contributed by atoms with Gasteiger partial charge in [-0.1, -0.05) is 23.2 Å². The number of anilines is 1. The van der Waals surface area contributed by atoms with Gasteiger partial charge in [0.25, 0.3) is 5.91 Å². The maximum atomic E-state index is 12.2. The number of halogens is 2.